The van der Waals surface area contributed by atoms with E-state index >= 15 is 0 Å². The maximum absolute atomic E-state index is 12.4. The lowest BCUT2D eigenvalue weighted by atomic mass is 10.2. The van der Waals surface area contributed by atoms with Gasteiger partial charge in [0.1, 0.15) is 18.1 Å². The third-order valence-corrected chi connectivity index (χ3v) is 5.25. The number of benzene rings is 2. The topological polar surface area (TPSA) is 67.9 Å². The Morgan fingerprint density at radius 2 is 1.69 bits per heavy atom. The zero-order valence-electron chi connectivity index (χ0n) is 17.1. The van der Waals surface area contributed by atoms with E-state index in [1.165, 1.54) is 25.0 Å². The lowest BCUT2D eigenvalue weighted by Gasteiger charge is -2.15. The fourth-order valence-corrected chi connectivity index (χ4v) is 3.42. The van der Waals surface area contributed by atoms with Gasteiger partial charge in [-0.15, -0.1) is 0 Å². The Morgan fingerprint density at radius 1 is 1.03 bits per heavy atom. The molecule has 2 aromatic rings. The highest BCUT2D eigenvalue weighted by atomic mass is 35.5. The number of esters is 1. The standard InChI is InChI=1S/C22H22ClF3N2O4/c23-19-13-18(32-21(30)22(24,25)26)8-5-16(19)14-27-20(29)15-3-6-17(7-4-15)31-12-11-28-9-1-2-10-28/h3-8,13H,1-2,9-12,14H2,(H,27,29). The molecule has 0 unspecified atom stereocenters. The molecule has 0 atom stereocenters. The molecule has 2 aromatic carbocycles. The maximum Gasteiger partial charge on any atom is 0.491 e. The molecule has 1 heterocycles. The van der Waals surface area contributed by atoms with Crippen molar-refractivity contribution in [1.82, 2.24) is 10.2 Å². The van der Waals surface area contributed by atoms with E-state index in [0.29, 0.717) is 23.5 Å². The number of carbonyl (C=O) groups excluding carboxylic acids is 2. The molecular formula is C22H22ClF3N2O4. The van der Waals surface area contributed by atoms with Gasteiger partial charge in [-0.3, -0.25) is 9.69 Å². The van der Waals surface area contributed by atoms with E-state index in [-0.39, 0.29) is 23.2 Å². The molecular weight excluding hydrogens is 449 g/mol. The van der Waals surface area contributed by atoms with Gasteiger partial charge in [0, 0.05) is 23.7 Å². The summed E-state index contributed by atoms with van der Waals surface area (Å²) in [7, 11) is 0. The monoisotopic (exact) mass is 470 g/mol. The second-order valence-corrected chi connectivity index (χ2v) is 7.65. The van der Waals surface area contributed by atoms with Crippen LogP contribution in [0, 0.1) is 0 Å². The molecule has 0 bridgehead atoms. The molecule has 32 heavy (non-hydrogen) atoms. The van der Waals surface area contributed by atoms with Gasteiger partial charge in [0.25, 0.3) is 5.91 Å². The van der Waals surface area contributed by atoms with Gasteiger partial charge in [0.05, 0.1) is 0 Å². The molecule has 1 amide bonds. The molecule has 1 aliphatic rings. The highest BCUT2D eigenvalue weighted by molar-refractivity contribution is 6.31. The van der Waals surface area contributed by atoms with E-state index in [0.717, 1.165) is 25.7 Å². The zero-order chi connectivity index (χ0) is 23.1. The zero-order valence-corrected chi connectivity index (χ0v) is 17.8. The normalized spacial score (nSPS) is 14.2. The van der Waals surface area contributed by atoms with Crippen LogP contribution in [-0.4, -0.2) is 49.2 Å². The Labute approximate surface area is 188 Å². The predicted octanol–water partition coefficient (Wildman–Crippen LogP) is 4.21. The number of alkyl halides is 3. The minimum absolute atomic E-state index is 0.0409. The summed E-state index contributed by atoms with van der Waals surface area (Å²) in [5.74, 6) is -2.35. The third kappa shape index (κ3) is 6.86. The Balaban J connectivity index is 1.47. The first-order valence-electron chi connectivity index (χ1n) is 10.0. The van der Waals surface area contributed by atoms with Gasteiger partial charge in [-0.25, -0.2) is 4.79 Å². The van der Waals surface area contributed by atoms with Crippen LogP contribution in [0.3, 0.4) is 0 Å². The molecule has 0 aromatic heterocycles. The lowest BCUT2D eigenvalue weighted by Crippen LogP contribution is -2.28. The minimum atomic E-state index is -5.10. The largest absolute Gasteiger partial charge is 0.492 e. The molecule has 1 fully saturated rings. The number of hydrogen-bond acceptors (Lipinski definition) is 5. The van der Waals surface area contributed by atoms with E-state index in [1.54, 1.807) is 24.3 Å². The molecule has 6 nitrogen and oxygen atoms in total. The molecule has 3 rings (SSSR count). The van der Waals surface area contributed by atoms with Gasteiger partial charge in [0.15, 0.2) is 0 Å². The molecule has 0 radical (unpaired) electrons. The van der Waals surface area contributed by atoms with Crippen LogP contribution in [0.15, 0.2) is 42.5 Å². The summed E-state index contributed by atoms with van der Waals surface area (Å²) in [6.45, 7) is 3.70. The lowest BCUT2D eigenvalue weighted by molar-refractivity contribution is -0.189. The summed E-state index contributed by atoms with van der Waals surface area (Å²) < 4.78 is 46.7. The maximum atomic E-state index is 12.4. The first-order valence-corrected chi connectivity index (χ1v) is 10.4. The summed E-state index contributed by atoms with van der Waals surface area (Å²) in [6.07, 6.45) is -2.65. The van der Waals surface area contributed by atoms with Gasteiger partial charge in [-0.2, -0.15) is 13.2 Å². The van der Waals surface area contributed by atoms with Crippen molar-refractivity contribution in [2.45, 2.75) is 25.6 Å². The summed E-state index contributed by atoms with van der Waals surface area (Å²) in [5, 5.41) is 2.74. The van der Waals surface area contributed by atoms with Gasteiger partial charge in [0.2, 0.25) is 0 Å². The fourth-order valence-electron chi connectivity index (χ4n) is 3.18. The van der Waals surface area contributed by atoms with Crippen LogP contribution < -0.4 is 14.8 Å². The Kier molecular flexibility index (Phi) is 7.98. The fraction of sp³-hybridized carbons (Fsp3) is 0.364. The number of carbonyl (C=O) groups is 2. The van der Waals surface area contributed by atoms with Crippen molar-refractivity contribution < 1.29 is 32.2 Å². The molecule has 172 valence electrons. The van der Waals surface area contributed by atoms with Crippen molar-refractivity contribution in [3.8, 4) is 11.5 Å². The van der Waals surface area contributed by atoms with Crippen molar-refractivity contribution in [2.24, 2.45) is 0 Å². The second kappa shape index (κ2) is 10.7. The molecule has 0 saturated carbocycles. The first kappa shape index (κ1) is 23.9. The number of likely N-dealkylation sites (tertiary alicyclic amines) is 1. The summed E-state index contributed by atoms with van der Waals surface area (Å²) >= 11 is 6.03. The van der Waals surface area contributed by atoms with Crippen molar-refractivity contribution in [2.75, 3.05) is 26.2 Å². The average molecular weight is 471 g/mol. The van der Waals surface area contributed by atoms with Crippen LogP contribution in [0.5, 0.6) is 11.5 Å². The third-order valence-electron chi connectivity index (χ3n) is 4.90. The highest BCUT2D eigenvalue weighted by Crippen LogP contribution is 2.25. The van der Waals surface area contributed by atoms with Crippen LogP contribution in [-0.2, 0) is 11.3 Å². The number of hydrogen-bond donors (Lipinski definition) is 1. The van der Waals surface area contributed by atoms with Crippen LogP contribution >= 0.6 is 11.6 Å². The van der Waals surface area contributed by atoms with Crippen molar-refractivity contribution in [3.05, 3.63) is 58.6 Å². The first-order chi connectivity index (χ1) is 15.2. The summed E-state index contributed by atoms with van der Waals surface area (Å²) in [6, 6.07) is 10.3. The number of rotatable bonds is 8. The number of amides is 1. The smallest absolute Gasteiger partial charge is 0.491 e. The van der Waals surface area contributed by atoms with E-state index in [4.69, 9.17) is 16.3 Å². The minimum Gasteiger partial charge on any atom is -0.492 e. The van der Waals surface area contributed by atoms with Crippen LogP contribution in [0.2, 0.25) is 5.02 Å². The molecule has 1 aliphatic heterocycles. The van der Waals surface area contributed by atoms with E-state index < -0.39 is 12.1 Å². The van der Waals surface area contributed by atoms with Crippen molar-refractivity contribution >= 4 is 23.5 Å². The number of nitrogens with one attached hydrogen (secondary N) is 1. The second-order valence-electron chi connectivity index (χ2n) is 7.24. The summed E-state index contributed by atoms with van der Waals surface area (Å²) in [4.78, 5) is 25.6. The van der Waals surface area contributed by atoms with Gasteiger partial charge in [-0.05, 0) is 67.9 Å². The van der Waals surface area contributed by atoms with E-state index in [9.17, 15) is 22.8 Å². The van der Waals surface area contributed by atoms with Gasteiger partial charge >= 0.3 is 12.1 Å². The molecule has 0 spiro atoms. The highest BCUT2D eigenvalue weighted by Gasteiger charge is 2.41. The van der Waals surface area contributed by atoms with Gasteiger partial charge < -0.3 is 14.8 Å². The number of ether oxygens (including phenoxy) is 2. The number of nitrogens with zero attached hydrogens (tertiary/aromatic N) is 1. The summed E-state index contributed by atoms with van der Waals surface area (Å²) in [5.41, 5.74) is 0.873. The van der Waals surface area contributed by atoms with Crippen LogP contribution in [0.1, 0.15) is 28.8 Å². The molecule has 10 heteroatoms. The Bertz CT molecular complexity index is 945. The quantitative estimate of drug-likeness (QED) is 0.462. The molecule has 1 N–H and O–H groups in total. The van der Waals surface area contributed by atoms with Crippen molar-refractivity contribution in [3.63, 3.8) is 0 Å². The Morgan fingerprint density at radius 3 is 2.31 bits per heavy atom. The van der Waals surface area contributed by atoms with Crippen LogP contribution in [0.4, 0.5) is 13.2 Å². The van der Waals surface area contributed by atoms with E-state index in [2.05, 4.69) is 15.0 Å². The molecule has 0 aliphatic carbocycles. The van der Waals surface area contributed by atoms with E-state index in [1.807, 2.05) is 0 Å². The number of halogens is 4. The van der Waals surface area contributed by atoms with Crippen LogP contribution in [0.25, 0.3) is 0 Å². The van der Waals surface area contributed by atoms with Gasteiger partial charge in [-0.1, -0.05) is 17.7 Å². The Hall–Kier alpha value is -2.78. The van der Waals surface area contributed by atoms with Crippen molar-refractivity contribution in [1.29, 1.82) is 0 Å². The molecule has 1 saturated heterocycles. The SMILES string of the molecule is O=C(NCc1ccc(OC(=O)C(F)(F)F)cc1Cl)c1ccc(OCCN2CCCC2)cc1. The average Bonchev–Trinajstić information content (AvgIpc) is 3.26. The predicted molar refractivity (Wildman–Crippen MR) is 112 cm³/mol.